The molecule has 2 aromatic heterocycles. The Hall–Kier alpha value is -2.67. The highest BCUT2D eigenvalue weighted by atomic mass is 32.1. The number of aromatic hydroxyl groups is 1. The Bertz CT molecular complexity index is 1090. The van der Waals surface area contributed by atoms with E-state index < -0.39 is 0 Å². The summed E-state index contributed by atoms with van der Waals surface area (Å²) in [6.07, 6.45) is 7.71. The van der Waals surface area contributed by atoms with E-state index in [-0.39, 0.29) is 5.75 Å². The van der Waals surface area contributed by atoms with E-state index in [0.717, 1.165) is 23.1 Å². The number of nitrogens with one attached hydrogen (secondary N) is 1. The molecule has 0 radical (unpaired) electrons. The summed E-state index contributed by atoms with van der Waals surface area (Å²) in [6, 6.07) is 5.30. The first-order valence-corrected chi connectivity index (χ1v) is 11.2. The Labute approximate surface area is 181 Å². The maximum absolute atomic E-state index is 10.2. The molecule has 7 heteroatoms. The number of nitrogens with zero attached hydrogens (tertiary/aromatic N) is 3. The molecule has 0 saturated carbocycles. The first kappa shape index (κ1) is 20.6. The standard InChI is InChI=1S/C23H28N4O2S/c1-5-23(2,3)15-9-10-18-16(11-15)19-21(24-13-25-22(19)30-18)27-26-12-14-7-6-8-17(29-4)20(14)28/h6-8,12-13,15,28H,5,9-11H2,1-4H3,(H,24,25,27)/b26-12-/t15-/m1/s1. The van der Waals surface area contributed by atoms with Gasteiger partial charge in [-0.3, -0.25) is 5.43 Å². The van der Waals surface area contributed by atoms with Gasteiger partial charge >= 0.3 is 0 Å². The molecule has 6 nitrogen and oxygen atoms in total. The summed E-state index contributed by atoms with van der Waals surface area (Å²) in [6.45, 7) is 7.02. The average Bonchev–Trinajstić information content (AvgIpc) is 3.13. The molecular formula is C23H28N4O2S. The predicted octanol–water partition coefficient (Wildman–Crippen LogP) is 5.39. The Balaban J connectivity index is 1.64. The molecule has 1 aliphatic carbocycles. The summed E-state index contributed by atoms with van der Waals surface area (Å²) in [4.78, 5) is 11.4. The van der Waals surface area contributed by atoms with Crippen LogP contribution in [0.4, 0.5) is 5.82 Å². The number of aryl methyl sites for hydroxylation is 1. The van der Waals surface area contributed by atoms with E-state index in [9.17, 15) is 5.11 Å². The van der Waals surface area contributed by atoms with Crippen molar-refractivity contribution in [3.05, 3.63) is 40.5 Å². The maximum Gasteiger partial charge on any atom is 0.166 e. The van der Waals surface area contributed by atoms with Crippen molar-refractivity contribution in [3.63, 3.8) is 0 Å². The van der Waals surface area contributed by atoms with Crippen molar-refractivity contribution in [3.8, 4) is 11.5 Å². The van der Waals surface area contributed by atoms with Crippen LogP contribution in [0.2, 0.25) is 0 Å². The lowest BCUT2D eigenvalue weighted by Gasteiger charge is -2.36. The predicted molar refractivity (Wildman–Crippen MR) is 123 cm³/mol. The smallest absolute Gasteiger partial charge is 0.166 e. The van der Waals surface area contributed by atoms with E-state index in [2.05, 4.69) is 41.3 Å². The second kappa shape index (κ2) is 8.22. The highest BCUT2D eigenvalue weighted by Gasteiger charge is 2.33. The van der Waals surface area contributed by atoms with Crippen molar-refractivity contribution in [1.82, 2.24) is 9.97 Å². The number of methoxy groups -OCH3 is 1. The summed E-state index contributed by atoms with van der Waals surface area (Å²) >= 11 is 1.77. The van der Waals surface area contributed by atoms with Gasteiger partial charge in [0.05, 0.1) is 18.7 Å². The minimum atomic E-state index is 0.0657. The molecule has 0 fully saturated rings. The lowest BCUT2D eigenvalue weighted by atomic mass is 9.69. The van der Waals surface area contributed by atoms with Crippen molar-refractivity contribution in [1.29, 1.82) is 0 Å². The molecule has 30 heavy (non-hydrogen) atoms. The van der Waals surface area contributed by atoms with Crippen LogP contribution in [0.25, 0.3) is 10.2 Å². The number of rotatable bonds is 6. The van der Waals surface area contributed by atoms with Crippen LogP contribution >= 0.6 is 11.3 Å². The van der Waals surface area contributed by atoms with E-state index in [4.69, 9.17) is 4.74 Å². The quantitative estimate of drug-likeness (QED) is 0.409. The summed E-state index contributed by atoms with van der Waals surface area (Å²) < 4.78 is 5.16. The Morgan fingerprint density at radius 3 is 2.97 bits per heavy atom. The van der Waals surface area contributed by atoms with E-state index in [1.807, 2.05) is 6.07 Å². The van der Waals surface area contributed by atoms with E-state index in [1.165, 1.54) is 30.4 Å². The zero-order valence-corrected chi connectivity index (χ0v) is 18.7. The number of anilines is 1. The van der Waals surface area contributed by atoms with Crippen LogP contribution in [0.15, 0.2) is 29.6 Å². The molecule has 2 heterocycles. The number of benzene rings is 1. The third-order valence-electron chi connectivity index (χ3n) is 6.48. The fraction of sp³-hybridized carbons (Fsp3) is 0.435. The fourth-order valence-electron chi connectivity index (χ4n) is 4.12. The second-order valence-electron chi connectivity index (χ2n) is 8.46. The number of hydrazone groups is 1. The van der Waals surface area contributed by atoms with Crippen molar-refractivity contribution in [2.75, 3.05) is 12.5 Å². The topological polar surface area (TPSA) is 79.6 Å². The highest BCUT2D eigenvalue weighted by molar-refractivity contribution is 7.19. The van der Waals surface area contributed by atoms with Gasteiger partial charge in [-0.15, -0.1) is 11.3 Å². The summed E-state index contributed by atoms with van der Waals surface area (Å²) in [7, 11) is 1.53. The van der Waals surface area contributed by atoms with Gasteiger partial charge in [0.25, 0.3) is 0 Å². The number of phenols is 1. The van der Waals surface area contributed by atoms with Gasteiger partial charge < -0.3 is 9.84 Å². The van der Waals surface area contributed by atoms with E-state index in [1.54, 1.807) is 36.0 Å². The zero-order valence-electron chi connectivity index (χ0n) is 17.9. The maximum atomic E-state index is 10.2. The minimum absolute atomic E-state index is 0.0657. The highest BCUT2D eigenvalue weighted by Crippen LogP contribution is 2.45. The van der Waals surface area contributed by atoms with Crippen LogP contribution in [0.3, 0.4) is 0 Å². The molecule has 0 amide bonds. The van der Waals surface area contributed by atoms with E-state index >= 15 is 0 Å². The molecule has 0 spiro atoms. The third-order valence-corrected chi connectivity index (χ3v) is 7.68. The number of hydrogen-bond donors (Lipinski definition) is 2. The Morgan fingerprint density at radius 2 is 2.20 bits per heavy atom. The zero-order chi connectivity index (χ0) is 21.3. The van der Waals surface area contributed by atoms with Crippen LogP contribution in [-0.4, -0.2) is 28.4 Å². The van der Waals surface area contributed by atoms with Crippen molar-refractivity contribution in [2.24, 2.45) is 16.4 Å². The normalized spacial score (nSPS) is 16.7. The van der Waals surface area contributed by atoms with Gasteiger partial charge in [-0.05, 0) is 48.3 Å². The number of aromatic nitrogens is 2. The molecular weight excluding hydrogens is 396 g/mol. The van der Waals surface area contributed by atoms with Crippen LogP contribution in [0, 0.1) is 11.3 Å². The van der Waals surface area contributed by atoms with Gasteiger partial charge in [0.1, 0.15) is 11.2 Å². The first-order chi connectivity index (χ1) is 14.4. The van der Waals surface area contributed by atoms with Gasteiger partial charge in [0.2, 0.25) is 0 Å². The third kappa shape index (κ3) is 3.74. The molecule has 1 atom stereocenters. The molecule has 0 bridgehead atoms. The molecule has 158 valence electrons. The van der Waals surface area contributed by atoms with Crippen LogP contribution in [0.1, 0.15) is 49.6 Å². The molecule has 1 aromatic carbocycles. The number of fused-ring (bicyclic) bond motifs is 3. The summed E-state index contributed by atoms with van der Waals surface area (Å²) in [5, 5.41) is 15.7. The van der Waals surface area contributed by atoms with E-state index in [0.29, 0.717) is 28.5 Å². The van der Waals surface area contributed by atoms with Crippen LogP contribution in [-0.2, 0) is 12.8 Å². The monoisotopic (exact) mass is 424 g/mol. The van der Waals surface area contributed by atoms with Crippen molar-refractivity contribution >= 4 is 33.6 Å². The SMILES string of the molecule is CCC(C)(C)[C@@H]1CCc2sc3ncnc(N/N=C\c4cccc(OC)c4O)c3c2C1. The lowest BCUT2D eigenvalue weighted by molar-refractivity contribution is 0.184. The van der Waals surface area contributed by atoms with Gasteiger partial charge in [0, 0.05) is 10.4 Å². The van der Waals surface area contributed by atoms with Gasteiger partial charge in [-0.2, -0.15) is 5.10 Å². The van der Waals surface area contributed by atoms with Crippen molar-refractivity contribution < 1.29 is 9.84 Å². The lowest BCUT2D eigenvalue weighted by Crippen LogP contribution is -2.28. The first-order valence-electron chi connectivity index (χ1n) is 10.3. The number of phenolic OH excluding ortho intramolecular Hbond substituents is 1. The van der Waals surface area contributed by atoms with Crippen LogP contribution in [0.5, 0.6) is 11.5 Å². The van der Waals surface area contributed by atoms with Gasteiger partial charge in [0.15, 0.2) is 17.3 Å². The number of thiophene rings is 1. The molecule has 3 aromatic rings. The number of para-hydroxylation sites is 1. The van der Waals surface area contributed by atoms with Crippen molar-refractivity contribution in [2.45, 2.75) is 46.5 Å². The second-order valence-corrected chi connectivity index (χ2v) is 9.54. The molecule has 4 rings (SSSR count). The molecule has 0 saturated heterocycles. The molecule has 1 aliphatic rings. The average molecular weight is 425 g/mol. The van der Waals surface area contributed by atoms with Gasteiger partial charge in [-0.1, -0.05) is 33.3 Å². The summed E-state index contributed by atoms with van der Waals surface area (Å²) in [5.41, 5.74) is 5.34. The van der Waals surface area contributed by atoms with Crippen LogP contribution < -0.4 is 10.2 Å². The summed E-state index contributed by atoms with van der Waals surface area (Å²) in [5.74, 6) is 1.85. The minimum Gasteiger partial charge on any atom is -0.504 e. The molecule has 0 unspecified atom stereocenters. The molecule has 2 N–H and O–H groups in total. The Kier molecular flexibility index (Phi) is 5.64. The van der Waals surface area contributed by atoms with Gasteiger partial charge in [-0.25, -0.2) is 9.97 Å². The number of hydrogen-bond acceptors (Lipinski definition) is 7. The largest absolute Gasteiger partial charge is 0.504 e. The molecule has 0 aliphatic heterocycles. The fourth-order valence-corrected chi connectivity index (χ4v) is 5.30. The Morgan fingerprint density at radius 1 is 1.37 bits per heavy atom. The number of ether oxygens (including phenoxy) is 1.